The number of hydrogen-bond acceptors (Lipinski definition) is 7. The zero-order chi connectivity index (χ0) is 21.7. The van der Waals surface area contributed by atoms with E-state index in [2.05, 4.69) is 34.3 Å². The fourth-order valence-corrected chi connectivity index (χ4v) is 7.30. The van der Waals surface area contributed by atoms with Gasteiger partial charge in [-0.2, -0.15) is 0 Å². The van der Waals surface area contributed by atoms with Gasteiger partial charge in [0.25, 0.3) is 5.91 Å². The van der Waals surface area contributed by atoms with Gasteiger partial charge in [0.1, 0.15) is 10.0 Å². The number of anilines is 1. The number of carbonyl (C=O) groups excluding carboxylic acids is 1. The van der Waals surface area contributed by atoms with Crippen LogP contribution < -0.4 is 5.32 Å². The predicted octanol–water partition coefficient (Wildman–Crippen LogP) is 6.26. The number of benzene rings is 2. The maximum absolute atomic E-state index is 13.2. The molecule has 6 rings (SSSR count). The Morgan fingerprint density at radius 3 is 2.91 bits per heavy atom. The van der Waals surface area contributed by atoms with E-state index in [-0.39, 0.29) is 5.91 Å². The largest absolute Gasteiger partial charge is 0.313 e. The minimum absolute atomic E-state index is 0.0893. The van der Waals surface area contributed by atoms with Gasteiger partial charge in [-0.25, -0.2) is 9.97 Å². The molecule has 1 aliphatic rings. The third-order valence-corrected chi connectivity index (χ3v) is 8.89. The van der Waals surface area contributed by atoms with Gasteiger partial charge in [-0.05, 0) is 48.9 Å². The second kappa shape index (κ2) is 8.04. The SMILES string of the molecule is CCN1CCc2c(sc(NC(=O)c3ccc4ncsc4c3)c2-c2nc3ccccc3s2)C1. The molecule has 0 unspecified atom stereocenters. The molecule has 8 heteroatoms. The summed E-state index contributed by atoms with van der Waals surface area (Å²) in [6.07, 6.45) is 0.980. The van der Waals surface area contributed by atoms with Gasteiger partial charge >= 0.3 is 0 Å². The van der Waals surface area contributed by atoms with Crippen molar-refractivity contribution in [3.8, 4) is 10.6 Å². The molecule has 2 aromatic carbocycles. The Hall–Kier alpha value is -2.65. The van der Waals surface area contributed by atoms with E-state index in [9.17, 15) is 4.79 Å². The first-order chi connectivity index (χ1) is 15.7. The molecule has 0 aliphatic carbocycles. The van der Waals surface area contributed by atoms with E-state index < -0.39 is 0 Å². The number of amides is 1. The average Bonchev–Trinajstić information content (AvgIpc) is 3.53. The Morgan fingerprint density at radius 2 is 2.03 bits per heavy atom. The lowest BCUT2D eigenvalue weighted by molar-refractivity contribution is 0.102. The van der Waals surface area contributed by atoms with Crippen molar-refractivity contribution >= 4 is 65.4 Å². The molecular formula is C24H20N4OS3. The number of carbonyl (C=O) groups is 1. The minimum atomic E-state index is -0.0893. The Balaban J connectivity index is 1.43. The first kappa shape index (κ1) is 20.0. The maximum Gasteiger partial charge on any atom is 0.256 e. The lowest BCUT2D eigenvalue weighted by Crippen LogP contribution is -2.29. The van der Waals surface area contributed by atoms with E-state index in [0.29, 0.717) is 5.56 Å². The standard InChI is InChI=1S/C24H20N4OS3/c1-2-28-10-9-15-20(12-28)32-24(21(15)23-26-17-5-3-4-6-18(17)31-23)27-22(29)14-7-8-16-19(11-14)30-13-25-16/h3-8,11,13H,2,9-10,12H2,1H3,(H,27,29). The molecule has 3 aromatic heterocycles. The molecule has 4 heterocycles. The molecule has 0 spiro atoms. The minimum Gasteiger partial charge on any atom is -0.313 e. The van der Waals surface area contributed by atoms with E-state index in [0.717, 1.165) is 57.4 Å². The number of thiophene rings is 1. The lowest BCUT2D eigenvalue weighted by Gasteiger charge is -2.25. The average molecular weight is 477 g/mol. The zero-order valence-corrected chi connectivity index (χ0v) is 19.9. The van der Waals surface area contributed by atoms with Gasteiger partial charge in [-0.1, -0.05) is 19.1 Å². The van der Waals surface area contributed by atoms with Crippen molar-refractivity contribution in [2.24, 2.45) is 0 Å². The summed E-state index contributed by atoms with van der Waals surface area (Å²) in [5.74, 6) is -0.0893. The van der Waals surface area contributed by atoms with Gasteiger partial charge < -0.3 is 5.32 Å². The smallest absolute Gasteiger partial charge is 0.256 e. The summed E-state index contributed by atoms with van der Waals surface area (Å²) in [6.45, 7) is 5.19. The van der Waals surface area contributed by atoms with Crippen LogP contribution in [0.15, 0.2) is 48.0 Å². The van der Waals surface area contributed by atoms with Crippen molar-refractivity contribution in [3.05, 3.63) is 64.0 Å². The van der Waals surface area contributed by atoms with Crippen molar-refractivity contribution in [1.82, 2.24) is 14.9 Å². The van der Waals surface area contributed by atoms with Gasteiger partial charge in [-0.3, -0.25) is 9.69 Å². The summed E-state index contributed by atoms with van der Waals surface area (Å²) < 4.78 is 2.19. The maximum atomic E-state index is 13.2. The van der Waals surface area contributed by atoms with Crippen molar-refractivity contribution < 1.29 is 4.79 Å². The Kier molecular flexibility index (Phi) is 5.02. The fraction of sp³-hybridized carbons (Fsp3) is 0.208. The number of aromatic nitrogens is 2. The third-order valence-electron chi connectivity index (χ3n) is 5.91. The van der Waals surface area contributed by atoms with Crippen molar-refractivity contribution in [3.63, 3.8) is 0 Å². The number of thiazole rings is 2. The Morgan fingerprint density at radius 1 is 1.12 bits per heavy atom. The quantitative estimate of drug-likeness (QED) is 0.332. The van der Waals surface area contributed by atoms with E-state index in [1.54, 1.807) is 34.0 Å². The van der Waals surface area contributed by atoms with Crippen LogP contribution in [0.1, 0.15) is 27.7 Å². The zero-order valence-electron chi connectivity index (χ0n) is 17.4. The van der Waals surface area contributed by atoms with E-state index in [1.807, 2.05) is 35.8 Å². The molecule has 0 saturated heterocycles. The number of para-hydroxylation sites is 1. The second-order valence-corrected chi connectivity index (χ2v) is 10.8. The van der Waals surface area contributed by atoms with Crippen LogP contribution in [0.25, 0.3) is 31.0 Å². The monoisotopic (exact) mass is 476 g/mol. The Bertz CT molecular complexity index is 1430. The lowest BCUT2D eigenvalue weighted by atomic mass is 10.0. The van der Waals surface area contributed by atoms with Gasteiger partial charge in [0.2, 0.25) is 0 Å². The van der Waals surface area contributed by atoms with Crippen LogP contribution >= 0.6 is 34.0 Å². The van der Waals surface area contributed by atoms with E-state index >= 15 is 0 Å². The number of hydrogen-bond donors (Lipinski definition) is 1. The molecule has 0 fully saturated rings. The van der Waals surface area contributed by atoms with Crippen LogP contribution in [0.2, 0.25) is 0 Å². The highest BCUT2D eigenvalue weighted by atomic mass is 32.1. The molecule has 160 valence electrons. The molecule has 0 radical (unpaired) electrons. The number of fused-ring (bicyclic) bond motifs is 3. The molecule has 0 bridgehead atoms. The van der Waals surface area contributed by atoms with E-state index in [4.69, 9.17) is 4.98 Å². The highest BCUT2D eigenvalue weighted by molar-refractivity contribution is 7.23. The van der Waals surface area contributed by atoms with Crippen LogP contribution in [-0.4, -0.2) is 33.9 Å². The molecule has 0 atom stereocenters. The molecule has 5 aromatic rings. The van der Waals surface area contributed by atoms with Crippen molar-refractivity contribution in [2.45, 2.75) is 19.9 Å². The molecule has 1 amide bonds. The Labute approximate surface area is 197 Å². The molecule has 1 N–H and O–H groups in total. The van der Waals surface area contributed by atoms with Crippen LogP contribution in [-0.2, 0) is 13.0 Å². The van der Waals surface area contributed by atoms with Gasteiger partial charge in [-0.15, -0.1) is 34.0 Å². The molecule has 1 aliphatic heterocycles. The summed E-state index contributed by atoms with van der Waals surface area (Å²) >= 11 is 4.95. The molecule has 32 heavy (non-hydrogen) atoms. The highest BCUT2D eigenvalue weighted by Gasteiger charge is 2.27. The molecule has 0 saturated carbocycles. The molecular weight excluding hydrogens is 456 g/mol. The van der Waals surface area contributed by atoms with Crippen LogP contribution in [0.3, 0.4) is 0 Å². The van der Waals surface area contributed by atoms with Crippen LogP contribution in [0, 0.1) is 0 Å². The number of rotatable bonds is 4. The third kappa shape index (κ3) is 3.44. The summed E-state index contributed by atoms with van der Waals surface area (Å²) in [7, 11) is 0. The van der Waals surface area contributed by atoms with Crippen LogP contribution in [0.4, 0.5) is 5.00 Å². The van der Waals surface area contributed by atoms with Gasteiger partial charge in [0.15, 0.2) is 0 Å². The van der Waals surface area contributed by atoms with E-state index in [1.165, 1.54) is 15.1 Å². The first-order valence-corrected chi connectivity index (χ1v) is 13.1. The van der Waals surface area contributed by atoms with Crippen molar-refractivity contribution in [2.75, 3.05) is 18.4 Å². The van der Waals surface area contributed by atoms with Gasteiger partial charge in [0.05, 0.1) is 25.9 Å². The summed E-state index contributed by atoms with van der Waals surface area (Å²) in [4.78, 5) is 26.2. The number of likely N-dealkylation sites (N-methyl/N-ethyl adjacent to an activating group) is 1. The number of nitrogens with one attached hydrogen (secondary N) is 1. The topological polar surface area (TPSA) is 58.1 Å². The first-order valence-electron chi connectivity index (χ1n) is 10.6. The second-order valence-electron chi connectivity index (χ2n) is 7.80. The van der Waals surface area contributed by atoms with Gasteiger partial charge in [0, 0.05) is 29.1 Å². The summed E-state index contributed by atoms with van der Waals surface area (Å²) in [6, 6.07) is 13.9. The van der Waals surface area contributed by atoms with Crippen LogP contribution in [0.5, 0.6) is 0 Å². The van der Waals surface area contributed by atoms with Crippen molar-refractivity contribution in [1.29, 1.82) is 0 Å². The summed E-state index contributed by atoms with van der Waals surface area (Å²) in [5, 5.41) is 5.12. The molecule has 5 nitrogen and oxygen atoms in total. The predicted molar refractivity (Wildman–Crippen MR) is 135 cm³/mol. The summed E-state index contributed by atoms with van der Waals surface area (Å²) in [5.41, 5.74) is 6.84. The fourth-order valence-electron chi connectivity index (χ4n) is 4.19. The number of nitrogens with zero attached hydrogens (tertiary/aromatic N) is 3. The highest BCUT2D eigenvalue weighted by Crippen LogP contribution is 2.45. The normalized spacial score (nSPS) is 14.2.